The summed E-state index contributed by atoms with van der Waals surface area (Å²) in [5.41, 5.74) is 4.04. The molecule has 0 spiro atoms. The number of amides is 1. The summed E-state index contributed by atoms with van der Waals surface area (Å²) in [6.45, 7) is 4.92. The van der Waals surface area contributed by atoms with Crippen molar-refractivity contribution in [1.82, 2.24) is 10.6 Å². The van der Waals surface area contributed by atoms with Gasteiger partial charge in [0.15, 0.2) is 0 Å². The number of para-hydroxylation sites is 1. The van der Waals surface area contributed by atoms with E-state index in [2.05, 4.69) is 34.1 Å². The van der Waals surface area contributed by atoms with Crippen LogP contribution in [0.15, 0.2) is 18.2 Å². The summed E-state index contributed by atoms with van der Waals surface area (Å²) in [5.74, 6) is 0.0237. The van der Waals surface area contributed by atoms with E-state index in [4.69, 9.17) is 0 Å². The van der Waals surface area contributed by atoms with Gasteiger partial charge in [0.1, 0.15) is 0 Å². The molecule has 4 heteroatoms. The molecule has 0 saturated heterocycles. The van der Waals surface area contributed by atoms with Crippen LogP contribution in [0.3, 0.4) is 0 Å². The van der Waals surface area contributed by atoms with E-state index in [9.17, 15) is 4.79 Å². The Balaban J connectivity index is 1.84. The second-order valence-corrected chi connectivity index (χ2v) is 4.64. The van der Waals surface area contributed by atoms with E-state index in [0.717, 1.165) is 19.6 Å². The van der Waals surface area contributed by atoms with Crippen LogP contribution in [0, 0.1) is 0 Å². The van der Waals surface area contributed by atoms with Gasteiger partial charge >= 0.3 is 0 Å². The zero-order valence-electron chi connectivity index (χ0n) is 10.9. The van der Waals surface area contributed by atoms with Gasteiger partial charge in [0.2, 0.25) is 5.91 Å². The highest BCUT2D eigenvalue weighted by atomic mass is 16.1. The van der Waals surface area contributed by atoms with Crippen LogP contribution in [0.25, 0.3) is 0 Å². The van der Waals surface area contributed by atoms with E-state index in [-0.39, 0.29) is 5.91 Å². The molecule has 0 unspecified atom stereocenters. The van der Waals surface area contributed by atoms with Crippen LogP contribution in [0.5, 0.6) is 0 Å². The molecule has 1 aromatic carbocycles. The van der Waals surface area contributed by atoms with E-state index >= 15 is 0 Å². The first-order valence-electron chi connectivity index (χ1n) is 6.57. The Bertz CT molecular complexity index is 418. The van der Waals surface area contributed by atoms with Gasteiger partial charge in [-0.05, 0) is 24.0 Å². The first-order chi connectivity index (χ1) is 8.77. The van der Waals surface area contributed by atoms with Gasteiger partial charge in [0.05, 0.1) is 0 Å². The minimum Gasteiger partial charge on any atom is -0.385 e. The van der Waals surface area contributed by atoms with E-state index in [1.54, 1.807) is 0 Å². The van der Waals surface area contributed by atoms with Crippen molar-refractivity contribution >= 4 is 11.6 Å². The Morgan fingerprint density at radius 1 is 1.39 bits per heavy atom. The molecule has 0 aliphatic carbocycles. The van der Waals surface area contributed by atoms with Crippen molar-refractivity contribution in [2.45, 2.75) is 26.3 Å². The molecule has 4 nitrogen and oxygen atoms in total. The zero-order chi connectivity index (χ0) is 12.8. The molecule has 1 aliphatic rings. The predicted octanol–water partition coefficient (Wildman–Crippen LogP) is 1.27. The highest BCUT2D eigenvalue weighted by molar-refractivity contribution is 5.72. The maximum Gasteiger partial charge on any atom is 0.216 e. The van der Waals surface area contributed by atoms with Gasteiger partial charge in [-0.3, -0.25) is 4.79 Å². The van der Waals surface area contributed by atoms with Crippen LogP contribution in [-0.4, -0.2) is 25.5 Å². The fraction of sp³-hybridized carbons (Fsp3) is 0.500. The Kier molecular flexibility index (Phi) is 4.59. The predicted molar refractivity (Wildman–Crippen MR) is 73.6 cm³/mol. The highest BCUT2D eigenvalue weighted by Crippen LogP contribution is 2.25. The SMILES string of the molecule is CC(=O)NCCNCc1cccc2c1NCCC2. The Labute approximate surface area is 108 Å². The van der Waals surface area contributed by atoms with Crippen molar-refractivity contribution in [3.05, 3.63) is 29.3 Å². The largest absolute Gasteiger partial charge is 0.385 e. The molecule has 0 radical (unpaired) electrons. The summed E-state index contributed by atoms with van der Waals surface area (Å²) in [5, 5.41) is 9.61. The number of carbonyl (C=O) groups excluding carboxylic acids is 1. The summed E-state index contributed by atoms with van der Waals surface area (Å²) in [4.78, 5) is 10.7. The number of anilines is 1. The molecule has 18 heavy (non-hydrogen) atoms. The van der Waals surface area contributed by atoms with Crippen molar-refractivity contribution in [3.63, 3.8) is 0 Å². The minimum absolute atomic E-state index is 0.0237. The molecule has 0 atom stereocenters. The lowest BCUT2D eigenvalue weighted by atomic mass is 9.99. The number of carbonyl (C=O) groups is 1. The molecule has 0 saturated carbocycles. The third kappa shape index (κ3) is 3.47. The lowest BCUT2D eigenvalue weighted by Crippen LogP contribution is -2.30. The summed E-state index contributed by atoms with van der Waals surface area (Å²) < 4.78 is 0. The van der Waals surface area contributed by atoms with E-state index in [0.29, 0.717) is 6.54 Å². The van der Waals surface area contributed by atoms with E-state index in [1.807, 2.05) is 0 Å². The Morgan fingerprint density at radius 2 is 2.28 bits per heavy atom. The molecule has 1 aromatic rings. The first kappa shape index (κ1) is 12.9. The molecule has 98 valence electrons. The van der Waals surface area contributed by atoms with Crippen molar-refractivity contribution < 1.29 is 4.79 Å². The minimum atomic E-state index is 0.0237. The number of hydrogen-bond acceptors (Lipinski definition) is 3. The average Bonchev–Trinajstić information content (AvgIpc) is 2.38. The summed E-state index contributed by atoms with van der Waals surface area (Å²) >= 11 is 0. The molecular weight excluding hydrogens is 226 g/mol. The van der Waals surface area contributed by atoms with Crippen LogP contribution in [0.4, 0.5) is 5.69 Å². The molecule has 1 heterocycles. The fourth-order valence-corrected chi connectivity index (χ4v) is 2.28. The molecular formula is C14H21N3O. The van der Waals surface area contributed by atoms with Gasteiger partial charge in [-0.1, -0.05) is 18.2 Å². The molecule has 2 rings (SSSR count). The van der Waals surface area contributed by atoms with Crippen LogP contribution in [0.1, 0.15) is 24.5 Å². The summed E-state index contributed by atoms with van der Waals surface area (Å²) in [6, 6.07) is 6.47. The number of hydrogen-bond donors (Lipinski definition) is 3. The second kappa shape index (κ2) is 6.40. The molecule has 1 aliphatic heterocycles. The topological polar surface area (TPSA) is 53.2 Å². The van der Waals surface area contributed by atoms with Crippen LogP contribution >= 0.6 is 0 Å². The molecule has 0 aromatic heterocycles. The van der Waals surface area contributed by atoms with Gasteiger partial charge < -0.3 is 16.0 Å². The standard InChI is InChI=1S/C14H21N3O/c1-11(18)16-9-8-15-10-13-5-2-4-12-6-3-7-17-14(12)13/h2,4-5,15,17H,3,6-10H2,1H3,(H,16,18). The van der Waals surface area contributed by atoms with Crippen molar-refractivity contribution in [1.29, 1.82) is 0 Å². The first-order valence-corrected chi connectivity index (χ1v) is 6.57. The molecule has 1 amide bonds. The number of fused-ring (bicyclic) bond motifs is 1. The normalized spacial score (nSPS) is 13.6. The summed E-state index contributed by atoms with van der Waals surface area (Å²) in [7, 11) is 0. The Hall–Kier alpha value is -1.55. The molecule has 3 N–H and O–H groups in total. The van der Waals surface area contributed by atoms with Crippen LogP contribution in [0.2, 0.25) is 0 Å². The van der Waals surface area contributed by atoms with Crippen molar-refractivity contribution in [2.24, 2.45) is 0 Å². The Morgan fingerprint density at radius 3 is 3.11 bits per heavy atom. The molecule has 0 bridgehead atoms. The number of rotatable bonds is 5. The van der Waals surface area contributed by atoms with Crippen molar-refractivity contribution in [2.75, 3.05) is 25.0 Å². The third-order valence-corrected chi connectivity index (χ3v) is 3.15. The quantitative estimate of drug-likeness (QED) is 0.687. The zero-order valence-corrected chi connectivity index (χ0v) is 10.9. The average molecular weight is 247 g/mol. The van der Waals surface area contributed by atoms with E-state index < -0.39 is 0 Å². The maximum atomic E-state index is 10.7. The van der Waals surface area contributed by atoms with Gasteiger partial charge in [-0.25, -0.2) is 0 Å². The molecule has 0 fully saturated rings. The number of nitrogens with one attached hydrogen (secondary N) is 3. The van der Waals surface area contributed by atoms with E-state index in [1.165, 1.54) is 36.6 Å². The van der Waals surface area contributed by atoms with Crippen molar-refractivity contribution in [3.8, 4) is 0 Å². The summed E-state index contributed by atoms with van der Waals surface area (Å²) in [6.07, 6.45) is 2.38. The van der Waals surface area contributed by atoms with Gasteiger partial charge in [-0.15, -0.1) is 0 Å². The monoisotopic (exact) mass is 247 g/mol. The maximum absolute atomic E-state index is 10.7. The van der Waals surface area contributed by atoms with Gasteiger partial charge in [-0.2, -0.15) is 0 Å². The lowest BCUT2D eigenvalue weighted by Gasteiger charge is -2.21. The van der Waals surface area contributed by atoms with Crippen LogP contribution < -0.4 is 16.0 Å². The number of aryl methyl sites for hydroxylation is 1. The second-order valence-electron chi connectivity index (χ2n) is 4.64. The third-order valence-electron chi connectivity index (χ3n) is 3.15. The highest BCUT2D eigenvalue weighted by Gasteiger charge is 2.11. The van der Waals surface area contributed by atoms with Gasteiger partial charge in [0.25, 0.3) is 0 Å². The smallest absolute Gasteiger partial charge is 0.216 e. The number of benzene rings is 1. The van der Waals surface area contributed by atoms with Crippen LogP contribution in [-0.2, 0) is 17.8 Å². The fourth-order valence-electron chi connectivity index (χ4n) is 2.28. The lowest BCUT2D eigenvalue weighted by molar-refractivity contribution is -0.118. The van der Waals surface area contributed by atoms with Gasteiger partial charge in [0, 0.05) is 38.8 Å².